The molecule has 208 valence electrons. The van der Waals surface area contributed by atoms with Gasteiger partial charge in [-0.25, -0.2) is 17.7 Å². The molecule has 0 amide bonds. The van der Waals surface area contributed by atoms with Gasteiger partial charge in [0.2, 0.25) is 16.0 Å². The zero-order valence-corrected chi connectivity index (χ0v) is 24.3. The van der Waals surface area contributed by atoms with E-state index >= 15 is 0 Å². The SMILES string of the molecule is CN1CCN(C2CCc3ccc(Nc4ncc(Cl)c(Nc5ccccc5S(=O)(=O)N(C)C)n4)cc3CC2)CC1. The first-order valence-electron chi connectivity index (χ1n) is 13.3. The standard InChI is InChI=1S/C28H36ClN7O2S/c1-34(2)39(37,38)26-7-5-4-6-25(26)32-27-24(29)19-30-28(33-27)31-22-11-8-20-9-12-23(13-10-21(20)18-22)36-16-14-35(3)15-17-36/h4-8,11,18-19,23H,9-10,12-17H2,1-3H3,(H2,30,31,32,33). The van der Waals surface area contributed by atoms with Crippen molar-refractivity contribution in [1.82, 2.24) is 24.1 Å². The maximum absolute atomic E-state index is 12.8. The molecule has 5 rings (SSSR count). The van der Waals surface area contributed by atoms with Crippen LogP contribution in [0.3, 0.4) is 0 Å². The molecule has 2 aromatic carbocycles. The van der Waals surface area contributed by atoms with Gasteiger partial charge in [-0.15, -0.1) is 0 Å². The van der Waals surface area contributed by atoms with Crippen molar-refractivity contribution < 1.29 is 8.42 Å². The number of hydrogen-bond acceptors (Lipinski definition) is 8. The smallest absolute Gasteiger partial charge is 0.244 e. The zero-order valence-electron chi connectivity index (χ0n) is 22.7. The Morgan fingerprint density at radius 3 is 2.44 bits per heavy atom. The van der Waals surface area contributed by atoms with E-state index in [1.165, 1.54) is 48.6 Å². The first-order valence-corrected chi connectivity index (χ1v) is 15.1. The number of aromatic nitrogens is 2. The number of rotatable bonds is 7. The molecule has 2 N–H and O–H groups in total. The van der Waals surface area contributed by atoms with Crippen molar-refractivity contribution in [2.45, 2.75) is 36.6 Å². The lowest BCUT2D eigenvalue weighted by Crippen LogP contribution is -2.49. The second-order valence-electron chi connectivity index (χ2n) is 10.5. The predicted molar refractivity (Wildman–Crippen MR) is 157 cm³/mol. The van der Waals surface area contributed by atoms with Gasteiger partial charge in [-0.1, -0.05) is 29.8 Å². The molecule has 1 aromatic heterocycles. The Morgan fingerprint density at radius 1 is 0.974 bits per heavy atom. The van der Waals surface area contributed by atoms with Crippen molar-refractivity contribution in [3.63, 3.8) is 0 Å². The number of hydrogen-bond donors (Lipinski definition) is 2. The highest BCUT2D eigenvalue weighted by Gasteiger charge is 2.25. The minimum absolute atomic E-state index is 0.139. The van der Waals surface area contributed by atoms with Crippen LogP contribution in [-0.2, 0) is 22.9 Å². The van der Waals surface area contributed by atoms with Crippen LogP contribution in [0.15, 0.2) is 53.6 Å². The Bertz CT molecular complexity index is 1430. The maximum atomic E-state index is 12.8. The van der Waals surface area contributed by atoms with Crippen molar-refractivity contribution in [2.75, 3.05) is 58.0 Å². The van der Waals surface area contributed by atoms with E-state index in [0.29, 0.717) is 23.5 Å². The molecule has 0 saturated carbocycles. The third-order valence-corrected chi connectivity index (χ3v) is 9.80. The normalized spacial score (nSPS) is 18.9. The van der Waals surface area contributed by atoms with E-state index in [1.807, 2.05) is 0 Å². The van der Waals surface area contributed by atoms with Gasteiger partial charge in [0.1, 0.15) is 9.92 Å². The highest BCUT2D eigenvalue weighted by Crippen LogP contribution is 2.31. The molecule has 1 aliphatic carbocycles. The van der Waals surface area contributed by atoms with Gasteiger partial charge >= 0.3 is 0 Å². The maximum Gasteiger partial charge on any atom is 0.244 e. The molecular formula is C28H36ClN7O2S. The van der Waals surface area contributed by atoms with E-state index < -0.39 is 10.0 Å². The van der Waals surface area contributed by atoms with Crippen LogP contribution in [0, 0.1) is 0 Å². The third kappa shape index (κ3) is 6.36. The van der Waals surface area contributed by atoms with Crippen molar-refractivity contribution in [3.8, 4) is 0 Å². The van der Waals surface area contributed by atoms with E-state index in [-0.39, 0.29) is 9.92 Å². The number of fused-ring (bicyclic) bond motifs is 1. The summed E-state index contributed by atoms with van der Waals surface area (Å²) < 4.78 is 26.8. The number of halogens is 1. The first kappa shape index (κ1) is 27.8. The number of para-hydroxylation sites is 1. The Balaban J connectivity index is 1.31. The predicted octanol–water partition coefficient (Wildman–Crippen LogP) is 4.36. The molecule has 0 radical (unpaired) electrons. The van der Waals surface area contributed by atoms with Gasteiger partial charge < -0.3 is 15.5 Å². The van der Waals surface area contributed by atoms with Gasteiger partial charge in [-0.05, 0) is 68.1 Å². The fraction of sp³-hybridized carbons (Fsp3) is 0.429. The van der Waals surface area contributed by atoms with Gasteiger partial charge in [0, 0.05) is 52.0 Å². The molecule has 1 atom stereocenters. The van der Waals surface area contributed by atoms with Crippen LogP contribution in [0.5, 0.6) is 0 Å². The molecule has 1 fully saturated rings. The second-order valence-corrected chi connectivity index (χ2v) is 13.0. The fourth-order valence-corrected chi connectivity index (χ4v) is 6.46. The number of anilines is 4. The number of likely N-dealkylation sites (N-methyl/N-ethyl adjacent to an activating group) is 1. The lowest BCUT2D eigenvalue weighted by atomic mass is 10.0. The van der Waals surface area contributed by atoms with Crippen LogP contribution in [-0.4, -0.2) is 85.9 Å². The van der Waals surface area contributed by atoms with Crippen LogP contribution >= 0.6 is 11.6 Å². The minimum atomic E-state index is -3.66. The number of sulfonamides is 1. The summed E-state index contributed by atoms with van der Waals surface area (Å²) in [5.41, 5.74) is 4.08. The van der Waals surface area contributed by atoms with Crippen LogP contribution in [0.1, 0.15) is 24.0 Å². The zero-order chi connectivity index (χ0) is 27.6. The van der Waals surface area contributed by atoms with Crippen LogP contribution < -0.4 is 10.6 Å². The summed E-state index contributed by atoms with van der Waals surface area (Å²) in [4.78, 5) is 14.1. The summed E-state index contributed by atoms with van der Waals surface area (Å²) in [6.45, 7) is 4.60. The number of nitrogens with one attached hydrogen (secondary N) is 2. The topological polar surface area (TPSA) is 93.7 Å². The molecule has 39 heavy (non-hydrogen) atoms. The lowest BCUT2D eigenvalue weighted by molar-refractivity contribution is 0.104. The van der Waals surface area contributed by atoms with Gasteiger partial charge in [0.05, 0.1) is 11.9 Å². The molecule has 11 heteroatoms. The number of benzene rings is 2. The number of nitrogens with zero attached hydrogens (tertiary/aromatic N) is 5. The highest BCUT2D eigenvalue weighted by atomic mass is 35.5. The fourth-order valence-electron chi connectivity index (χ4n) is 5.28. The number of piperazine rings is 1. The highest BCUT2D eigenvalue weighted by molar-refractivity contribution is 7.89. The summed E-state index contributed by atoms with van der Waals surface area (Å²) in [6.07, 6.45) is 6.01. The molecule has 2 heterocycles. The van der Waals surface area contributed by atoms with Crippen molar-refractivity contribution in [1.29, 1.82) is 0 Å². The Kier molecular flexibility index (Phi) is 8.39. The lowest BCUT2D eigenvalue weighted by Gasteiger charge is -2.37. The van der Waals surface area contributed by atoms with Crippen molar-refractivity contribution in [2.24, 2.45) is 0 Å². The largest absolute Gasteiger partial charge is 0.338 e. The average molecular weight is 570 g/mol. The van der Waals surface area contributed by atoms with Crippen LogP contribution in [0.2, 0.25) is 5.02 Å². The molecule has 3 aromatic rings. The van der Waals surface area contributed by atoms with Crippen molar-refractivity contribution >= 4 is 44.8 Å². The van der Waals surface area contributed by atoms with Gasteiger partial charge in [0.15, 0.2) is 5.82 Å². The monoisotopic (exact) mass is 569 g/mol. The molecule has 0 bridgehead atoms. The summed E-state index contributed by atoms with van der Waals surface area (Å²) in [6, 6.07) is 13.8. The van der Waals surface area contributed by atoms with E-state index in [0.717, 1.165) is 44.7 Å². The summed E-state index contributed by atoms with van der Waals surface area (Å²) >= 11 is 6.40. The van der Waals surface area contributed by atoms with Gasteiger partial charge in [-0.3, -0.25) is 4.90 Å². The molecule has 2 aliphatic rings. The summed E-state index contributed by atoms with van der Waals surface area (Å²) in [5.74, 6) is 0.694. The molecular weight excluding hydrogens is 534 g/mol. The van der Waals surface area contributed by atoms with Gasteiger partial charge in [-0.2, -0.15) is 4.98 Å². The van der Waals surface area contributed by atoms with Crippen LogP contribution in [0.25, 0.3) is 0 Å². The number of aryl methyl sites for hydroxylation is 2. The summed E-state index contributed by atoms with van der Waals surface area (Å²) in [7, 11) is 1.54. The van der Waals surface area contributed by atoms with Gasteiger partial charge in [0.25, 0.3) is 0 Å². The average Bonchev–Trinajstić information content (AvgIpc) is 3.13. The first-order chi connectivity index (χ1) is 18.7. The molecule has 1 aliphatic heterocycles. The van der Waals surface area contributed by atoms with E-state index in [2.05, 4.69) is 55.6 Å². The quantitative estimate of drug-likeness (QED) is 0.405. The Labute approximate surface area is 236 Å². The second kappa shape index (κ2) is 11.8. The van der Waals surface area contributed by atoms with Crippen LogP contribution in [0.4, 0.5) is 23.1 Å². The van der Waals surface area contributed by atoms with E-state index in [9.17, 15) is 8.42 Å². The Hall–Kier alpha value is -2.76. The molecule has 9 nitrogen and oxygen atoms in total. The Morgan fingerprint density at radius 2 is 1.69 bits per heavy atom. The molecule has 1 unspecified atom stereocenters. The van der Waals surface area contributed by atoms with E-state index in [1.54, 1.807) is 24.3 Å². The minimum Gasteiger partial charge on any atom is -0.338 e. The molecule has 0 spiro atoms. The summed E-state index contributed by atoms with van der Waals surface area (Å²) in [5, 5.41) is 6.68. The van der Waals surface area contributed by atoms with E-state index in [4.69, 9.17) is 11.6 Å². The molecule has 1 saturated heterocycles. The van der Waals surface area contributed by atoms with Crippen molar-refractivity contribution in [3.05, 3.63) is 64.8 Å². The third-order valence-electron chi connectivity index (χ3n) is 7.65.